The number of halogens is 2. The fourth-order valence-electron chi connectivity index (χ4n) is 2.69. The van der Waals surface area contributed by atoms with Gasteiger partial charge in [0.25, 0.3) is 0 Å². The molecular weight excluding hydrogens is 347 g/mol. The Balaban J connectivity index is 0.00000208. The molecule has 2 aromatic rings. The van der Waals surface area contributed by atoms with Gasteiger partial charge in [0.1, 0.15) is 0 Å². The molecule has 0 spiro atoms. The Kier molecular flexibility index (Phi) is 6.29. The van der Waals surface area contributed by atoms with E-state index in [-0.39, 0.29) is 18.3 Å². The van der Waals surface area contributed by atoms with Crippen molar-refractivity contribution < 1.29 is 4.79 Å². The fraction of sp³-hybridized carbons (Fsp3) is 0.294. The van der Waals surface area contributed by atoms with Crippen LogP contribution in [0.3, 0.4) is 0 Å². The third kappa shape index (κ3) is 4.52. The average Bonchev–Trinajstić information content (AvgIpc) is 2.57. The first-order chi connectivity index (χ1) is 11.1. The van der Waals surface area contributed by atoms with E-state index in [0.29, 0.717) is 25.2 Å². The number of aromatic nitrogens is 1. The van der Waals surface area contributed by atoms with Gasteiger partial charge in [0.05, 0.1) is 18.3 Å². The summed E-state index contributed by atoms with van der Waals surface area (Å²) >= 11 is 6.04. The normalized spacial score (nSPS) is 14.2. The zero-order chi connectivity index (χ0) is 16.2. The lowest BCUT2D eigenvalue weighted by Crippen LogP contribution is -2.49. The summed E-state index contributed by atoms with van der Waals surface area (Å²) in [6.07, 6.45) is 1.90. The summed E-state index contributed by atoms with van der Waals surface area (Å²) in [4.78, 5) is 20.7. The molecule has 0 unspecified atom stereocenters. The minimum Gasteiger partial charge on any atom is -0.397 e. The molecule has 1 fully saturated rings. The van der Waals surface area contributed by atoms with Crippen LogP contribution < -0.4 is 10.6 Å². The van der Waals surface area contributed by atoms with Crippen LogP contribution in [-0.2, 0) is 11.2 Å². The predicted molar refractivity (Wildman–Crippen MR) is 99.8 cm³/mol. The van der Waals surface area contributed by atoms with E-state index in [4.69, 9.17) is 17.3 Å². The number of benzene rings is 1. The van der Waals surface area contributed by atoms with Crippen LogP contribution in [-0.4, -0.2) is 42.0 Å². The molecule has 1 aliphatic rings. The molecule has 0 bridgehead atoms. The van der Waals surface area contributed by atoms with Crippen molar-refractivity contribution in [3.05, 3.63) is 53.3 Å². The molecule has 3 rings (SSSR count). The summed E-state index contributed by atoms with van der Waals surface area (Å²) in [5.74, 6) is 0.105. The molecule has 0 aliphatic carbocycles. The van der Waals surface area contributed by atoms with Gasteiger partial charge in [0, 0.05) is 42.6 Å². The summed E-state index contributed by atoms with van der Waals surface area (Å²) in [5, 5.41) is 0.732. The van der Waals surface area contributed by atoms with Crippen LogP contribution in [0.1, 0.15) is 5.69 Å². The lowest BCUT2D eigenvalue weighted by Gasteiger charge is -2.36. The number of nitrogen functional groups attached to an aromatic ring is 1. The first-order valence-electron chi connectivity index (χ1n) is 7.60. The number of nitrogens with two attached hydrogens (primary N) is 1. The summed E-state index contributed by atoms with van der Waals surface area (Å²) in [6, 6.07) is 11.4. The molecule has 128 valence electrons. The number of hydrogen-bond donors (Lipinski definition) is 1. The van der Waals surface area contributed by atoms with Crippen molar-refractivity contribution in [3.63, 3.8) is 0 Å². The monoisotopic (exact) mass is 366 g/mol. The zero-order valence-corrected chi connectivity index (χ0v) is 14.8. The van der Waals surface area contributed by atoms with Crippen LogP contribution >= 0.6 is 24.0 Å². The van der Waals surface area contributed by atoms with Gasteiger partial charge in [-0.3, -0.25) is 9.78 Å². The van der Waals surface area contributed by atoms with Crippen LogP contribution in [0, 0.1) is 0 Å². The quantitative estimate of drug-likeness (QED) is 0.906. The SMILES string of the molecule is Cl.Nc1ccc(CC(=O)N2CCN(c3cccc(Cl)c3)CC2)nc1. The van der Waals surface area contributed by atoms with Crippen molar-refractivity contribution >= 4 is 41.3 Å². The van der Waals surface area contributed by atoms with Crippen LogP contribution in [0.25, 0.3) is 0 Å². The van der Waals surface area contributed by atoms with Crippen molar-refractivity contribution in [2.75, 3.05) is 36.8 Å². The van der Waals surface area contributed by atoms with E-state index in [2.05, 4.69) is 9.88 Å². The number of hydrogen-bond acceptors (Lipinski definition) is 4. The van der Waals surface area contributed by atoms with Gasteiger partial charge < -0.3 is 15.5 Å². The molecule has 1 aromatic carbocycles. The molecule has 2 heterocycles. The summed E-state index contributed by atoms with van der Waals surface area (Å²) in [6.45, 7) is 3.03. The number of carbonyl (C=O) groups excluding carboxylic acids is 1. The molecule has 2 N–H and O–H groups in total. The van der Waals surface area contributed by atoms with Gasteiger partial charge in [-0.1, -0.05) is 17.7 Å². The zero-order valence-electron chi connectivity index (χ0n) is 13.2. The Labute approximate surface area is 152 Å². The number of rotatable bonds is 3. The Morgan fingerprint density at radius 2 is 1.92 bits per heavy atom. The van der Waals surface area contributed by atoms with Gasteiger partial charge in [-0.15, -0.1) is 12.4 Å². The molecule has 1 saturated heterocycles. The Morgan fingerprint density at radius 1 is 1.17 bits per heavy atom. The molecule has 0 saturated carbocycles. The lowest BCUT2D eigenvalue weighted by molar-refractivity contribution is -0.130. The topological polar surface area (TPSA) is 62.5 Å². The van der Waals surface area contributed by atoms with Crippen molar-refractivity contribution in [2.24, 2.45) is 0 Å². The molecule has 1 aliphatic heterocycles. The van der Waals surface area contributed by atoms with Gasteiger partial charge >= 0.3 is 0 Å². The van der Waals surface area contributed by atoms with Crippen molar-refractivity contribution in [1.82, 2.24) is 9.88 Å². The van der Waals surface area contributed by atoms with E-state index in [9.17, 15) is 4.79 Å². The van der Waals surface area contributed by atoms with E-state index in [1.165, 1.54) is 0 Å². The van der Waals surface area contributed by atoms with Gasteiger partial charge in [-0.2, -0.15) is 0 Å². The van der Waals surface area contributed by atoms with E-state index in [0.717, 1.165) is 29.5 Å². The number of anilines is 2. The molecule has 0 atom stereocenters. The maximum Gasteiger partial charge on any atom is 0.228 e. The van der Waals surface area contributed by atoms with Gasteiger partial charge in [-0.25, -0.2) is 0 Å². The molecule has 5 nitrogen and oxygen atoms in total. The van der Waals surface area contributed by atoms with Gasteiger partial charge in [0.15, 0.2) is 0 Å². The summed E-state index contributed by atoms with van der Waals surface area (Å²) in [5.41, 5.74) is 8.07. The highest BCUT2D eigenvalue weighted by Crippen LogP contribution is 2.21. The third-order valence-corrected chi connectivity index (χ3v) is 4.22. The highest BCUT2D eigenvalue weighted by Gasteiger charge is 2.21. The maximum atomic E-state index is 12.4. The smallest absolute Gasteiger partial charge is 0.228 e. The van der Waals surface area contributed by atoms with Crippen molar-refractivity contribution in [2.45, 2.75) is 6.42 Å². The standard InChI is InChI=1S/C17H19ClN4O.ClH/c18-13-2-1-3-16(10-13)21-6-8-22(9-7-21)17(23)11-15-5-4-14(19)12-20-15;/h1-5,10,12H,6-9,11,19H2;1H. The highest BCUT2D eigenvalue weighted by molar-refractivity contribution is 6.30. The summed E-state index contributed by atoms with van der Waals surface area (Å²) in [7, 11) is 0. The van der Waals surface area contributed by atoms with Crippen LogP contribution in [0.2, 0.25) is 5.02 Å². The number of pyridine rings is 1. The van der Waals surface area contributed by atoms with Crippen LogP contribution in [0.5, 0.6) is 0 Å². The maximum absolute atomic E-state index is 12.4. The minimum atomic E-state index is 0. The molecular formula is C17H20Cl2N4O. The second-order valence-corrected chi connectivity index (χ2v) is 6.04. The number of nitrogens with zero attached hydrogens (tertiary/aromatic N) is 3. The van der Waals surface area contributed by atoms with E-state index in [1.54, 1.807) is 18.3 Å². The second kappa shape index (κ2) is 8.22. The largest absolute Gasteiger partial charge is 0.397 e. The molecule has 1 aromatic heterocycles. The number of piperazine rings is 1. The van der Waals surface area contributed by atoms with E-state index in [1.807, 2.05) is 29.2 Å². The Morgan fingerprint density at radius 3 is 2.54 bits per heavy atom. The van der Waals surface area contributed by atoms with Crippen molar-refractivity contribution in [3.8, 4) is 0 Å². The lowest BCUT2D eigenvalue weighted by atomic mass is 10.2. The van der Waals surface area contributed by atoms with E-state index >= 15 is 0 Å². The predicted octanol–water partition coefficient (Wildman–Crippen LogP) is 2.63. The third-order valence-electron chi connectivity index (χ3n) is 3.99. The number of amides is 1. The van der Waals surface area contributed by atoms with Crippen LogP contribution in [0.4, 0.5) is 11.4 Å². The fourth-order valence-corrected chi connectivity index (χ4v) is 2.88. The molecule has 1 amide bonds. The highest BCUT2D eigenvalue weighted by atomic mass is 35.5. The molecule has 24 heavy (non-hydrogen) atoms. The van der Waals surface area contributed by atoms with Gasteiger partial charge in [-0.05, 0) is 30.3 Å². The van der Waals surface area contributed by atoms with E-state index < -0.39 is 0 Å². The average molecular weight is 367 g/mol. The van der Waals surface area contributed by atoms with Gasteiger partial charge in [0.2, 0.25) is 5.91 Å². The van der Waals surface area contributed by atoms with Crippen LogP contribution in [0.15, 0.2) is 42.6 Å². The first-order valence-corrected chi connectivity index (χ1v) is 7.98. The Hall–Kier alpha value is -1.98. The van der Waals surface area contributed by atoms with Crippen molar-refractivity contribution in [1.29, 1.82) is 0 Å². The minimum absolute atomic E-state index is 0. The molecule has 7 heteroatoms. The molecule has 0 radical (unpaired) electrons. The second-order valence-electron chi connectivity index (χ2n) is 5.61. The first kappa shape index (κ1) is 18.4. The Bertz CT molecular complexity index is 685. The summed E-state index contributed by atoms with van der Waals surface area (Å²) < 4.78 is 0. The number of carbonyl (C=O) groups is 1.